The van der Waals surface area contributed by atoms with Gasteiger partial charge < -0.3 is 5.32 Å². The van der Waals surface area contributed by atoms with Gasteiger partial charge in [-0.05, 0) is 31.5 Å². The molecule has 2 atom stereocenters. The van der Waals surface area contributed by atoms with Gasteiger partial charge in [0.2, 0.25) is 0 Å². The number of hydrogen-bond acceptors (Lipinski definition) is 1. The molecule has 1 heterocycles. The number of allylic oxidation sites excluding steroid dienone is 3. The molecule has 0 bridgehead atoms. The van der Waals surface area contributed by atoms with E-state index in [-0.39, 0.29) is 24.1 Å². The van der Waals surface area contributed by atoms with E-state index >= 15 is 0 Å². The third-order valence-corrected chi connectivity index (χ3v) is 3.32. The topological polar surface area (TPSA) is 12.0 Å². The molecule has 3 heteroatoms. The molecular formula is C11H15F2N. The fourth-order valence-electron chi connectivity index (χ4n) is 2.37. The molecule has 2 rings (SSSR count). The Morgan fingerprint density at radius 2 is 2.21 bits per heavy atom. The summed E-state index contributed by atoms with van der Waals surface area (Å²) in [6.45, 7) is 2.72. The van der Waals surface area contributed by atoms with Gasteiger partial charge in [-0.3, -0.25) is 0 Å². The maximum atomic E-state index is 13.7. The Kier molecular flexibility index (Phi) is 2.43. The van der Waals surface area contributed by atoms with Crippen molar-refractivity contribution in [3.8, 4) is 0 Å². The van der Waals surface area contributed by atoms with Crippen LogP contribution in [0.4, 0.5) is 8.78 Å². The summed E-state index contributed by atoms with van der Waals surface area (Å²) in [6, 6.07) is 0.0817. The van der Waals surface area contributed by atoms with Gasteiger partial charge in [0.05, 0.1) is 0 Å². The van der Waals surface area contributed by atoms with E-state index < -0.39 is 5.41 Å². The monoisotopic (exact) mass is 199 g/mol. The molecular weight excluding hydrogens is 184 g/mol. The van der Waals surface area contributed by atoms with Gasteiger partial charge in [-0.25, -0.2) is 8.78 Å². The van der Waals surface area contributed by atoms with Crippen LogP contribution in [-0.4, -0.2) is 12.6 Å². The molecule has 0 aromatic heterocycles. The van der Waals surface area contributed by atoms with Crippen LogP contribution >= 0.6 is 0 Å². The third kappa shape index (κ3) is 1.50. The van der Waals surface area contributed by atoms with Crippen molar-refractivity contribution >= 4 is 0 Å². The van der Waals surface area contributed by atoms with Crippen LogP contribution in [0, 0.1) is 5.41 Å². The van der Waals surface area contributed by atoms with Crippen molar-refractivity contribution in [3.05, 3.63) is 23.8 Å². The Labute approximate surface area is 82.9 Å². The van der Waals surface area contributed by atoms with Crippen LogP contribution in [0.1, 0.15) is 26.2 Å². The van der Waals surface area contributed by atoms with Crippen molar-refractivity contribution in [2.24, 2.45) is 5.41 Å². The number of nitrogens with one attached hydrogen (secondary N) is 1. The highest BCUT2D eigenvalue weighted by Gasteiger charge is 2.41. The van der Waals surface area contributed by atoms with E-state index in [0.29, 0.717) is 0 Å². The SMILES string of the molecule is CC1([C@H]2CCCN2)CC(F)=CC=C1F. The second kappa shape index (κ2) is 3.46. The van der Waals surface area contributed by atoms with Crippen LogP contribution < -0.4 is 5.32 Å². The second-order valence-electron chi connectivity index (χ2n) is 4.37. The highest BCUT2D eigenvalue weighted by atomic mass is 19.1. The van der Waals surface area contributed by atoms with Gasteiger partial charge in [0, 0.05) is 17.9 Å². The Morgan fingerprint density at radius 3 is 2.86 bits per heavy atom. The number of hydrogen-bond donors (Lipinski definition) is 1. The van der Waals surface area contributed by atoms with Gasteiger partial charge in [0.1, 0.15) is 11.7 Å². The standard InChI is InChI=1S/C11H15F2N/c1-11(10-3-2-6-14-10)7-8(12)4-5-9(11)13/h4-5,10,14H,2-3,6-7H2,1H3/t10-,11?/m1/s1. The van der Waals surface area contributed by atoms with Gasteiger partial charge in [0.15, 0.2) is 0 Å². The summed E-state index contributed by atoms with van der Waals surface area (Å²) < 4.78 is 26.8. The van der Waals surface area contributed by atoms with E-state index in [9.17, 15) is 8.78 Å². The van der Waals surface area contributed by atoms with Crippen LogP contribution in [0.25, 0.3) is 0 Å². The average Bonchev–Trinajstić information content (AvgIpc) is 2.65. The Hall–Kier alpha value is -0.700. The summed E-state index contributed by atoms with van der Waals surface area (Å²) >= 11 is 0. The summed E-state index contributed by atoms with van der Waals surface area (Å²) in [5.74, 6) is -0.416. The normalized spacial score (nSPS) is 38.1. The van der Waals surface area contributed by atoms with Gasteiger partial charge in [-0.15, -0.1) is 0 Å². The van der Waals surface area contributed by atoms with Crippen LogP contribution in [-0.2, 0) is 0 Å². The molecule has 0 radical (unpaired) electrons. The summed E-state index contributed by atoms with van der Waals surface area (Å²) in [4.78, 5) is 0. The van der Waals surface area contributed by atoms with Crippen molar-refractivity contribution in [2.45, 2.75) is 32.2 Å². The summed E-state index contributed by atoms with van der Waals surface area (Å²) in [5.41, 5.74) is -0.671. The van der Waals surface area contributed by atoms with Crippen molar-refractivity contribution in [2.75, 3.05) is 6.54 Å². The molecule has 0 amide bonds. The molecule has 1 saturated heterocycles. The van der Waals surface area contributed by atoms with E-state index in [4.69, 9.17) is 0 Å². The zero-order valence-electron chi connectivity index (χ0n) is 8.32. The average molecular weight is 199 g/mol. The maximum absolute atomic E-state index is 13.7. The van der Waals surface area contributed by atoms with E-state index in [2.05, 4.69) is 5.32 Å². The first-order valence-corrected chi connectivity index (χ1v) is 5.08. The quantitative estimate of drug-likeness (QED) is 0.684. The number of halogens is 2. The fourth-order valence-corrected chi connectivity index (χ4v) is 2.37. The molecule has 14 heavy (non-hydrogen) atoms. The molecule has 1 N–H and O–H groups in total. The minimum atomic E-state index is -0.671. The second-order valence-corrected chi connectivity index (χ2v) is 4.37. The van der Waals surface area contributed by atoms with Gasteiger partial charge >= 0.3 is 0 Å². The first-order chi connectivity index (χ1) is 6.63. The fraction of sp³-hybridized carbons (Fsp3) is 0.636. The van der Waals surface area contributed by atoms with E-state index in [1.807, 2.05) is 0 Å². The zero-order valence-corrected chi connectivity index (χ0v) is 8.32. The lowest BCUT2D eigenvalue weighted by atomic mass is 9.75. The van der Waals surface area contributed by atoms with Crippen LogP contribution in [0.3, 0.4) is 0 Å². The molecule has 0 saturated carbocycles. The summed E-state index contributed by atoms with van der Waals surface area (Å²) in [7, 11) is 0. The Bertz CT molecular complexity index is 290. The van der Waals surface area contributed by atoms with Gasteiger partial charge in [0.25, 0.3) is 0 Å². The van der Waals surface area contributed by atoms with Crippen molar-refractivity contribution < 1.29 is 8.78 Å². The van der Waals surface area contributed by atoms with E-state index in [0.717, 1.165) is 19.4 Å². The van der Waals surface area contributed by atoms with Gasteiger partial charge in [-0.1, -0.05) is 6.92 Å². The molecule has 1 fully saturated rings. The lowest BCUT2D eigenvalue weighted by molar-refractivity contribution is 0.217. The van der Waals surface area contributed by atoms with Crippen LogP contribution in [0.15, 0.2) is 23.8 Å². The van der Waals surface area contributed by atoms with E-state index in [1.165, 1.54) is 12.2 Å². The van der Waals surface area contributed by atoms with Gasteiger partial charge in [-0.2, -0.15) is 0 Å². The van der Waals surface area contributed by atoms with E-state index in [1.54, 1.807) is 6.92 Å². The Morgan fingerprint density at radius 1 is 1.43 bits per heavy atom. The van der Waals surface area contributed by atoms with Crippen molar-refractivity contribution in [3.63, 3.8) is 0 Å². The van der Waals surface area contributed by atoms with Crippen LogP contribution in [0.2, 0.25) is 0 Å². The lowest BCUT2D eigenvalue weighted by Gasteiger charge is -2.35. The maximum Gasteiger partial charge on any atom is 0.108 e. The smallest absolute Gasteiger partial charge is 0.108 e. The summed E-state index contributed by atoms with van der Waals surface area (Å²) in [6.07, 6.45) is 4.67. The van der Waals surface area contributed by atoms with Crippen LogP contribution in [0.5, 0.6) is 0 Å². The first kappa shape index (κ1) is 9.84. The van der Waals surface area contributed by atoms with Crippen molar-refractivity contribution in [1.82, 2.24) is 5.32 Å². The van der Waals surface area contributed by atoms with Crippen molar-refractivity contribution in [1.29, 1.82) is 0 Å². The molecule has 1 nitrogen and oxygen atoms in total. The molecule has 0 spiro atoms. The molecule has 0 aromatic carbocycles. The molecule has 0 aromatic rings. The highest BCUT2D eigenvalue weighted by Crippen LogP contribution is 2.43. The third-order valence-electron chi connectivity index (χ3n) is 3.32. The predicted octanol–water partition coefficient (Wildman–Crippen LogP) is 2.86. The Balaban J connectivity index is 2.22. The highest BCUT2D eigenvalue weighted by molar-refractivity contribution is 5.26. The molecule has 1 aliphatic carbocycles. The summed E-state index contributed by atoms with van der Waals surface area (Å²) in [5, 5.41) is 3.24. The molecule has 2 aliphatic rings. The lowest BCUT2D eigenvalue weighted by Crippen LogP contribution is -2.41. The predicted molar refractivity (Wildman–Crippen MR) is 52.1 cm³/mol. The minimum absolute atomic E-state index is 0.0817. The molecule has 78 valence electrons. The first-order valence-electron chi connectivity index (χ1n) is 5.08. The molecule has 1 unspecified atom stereocenters. The largest absolute Gasteiger partial charge is 0.313 e. The number of rotatable bonds is 1. The minimum Gasteiger partial charge on any atom is -0.313 e. The molecule has 1 aliphatic heterocycles. The zero-order chi connectivity index (χ0) is 10.2.